The highest BCUT2D eigenvalue weighted by molar-refractivity contribution is 5.79. The van der Waals surface area contributed by atoms with E-state index in [-0.39, 0.29) is 11.5 Å². The van der Waals surface area contributed by atoms with Crippen molar-refractivity contribution in [1.82, 2.24) is 19.9 Å². The Kier molecular flexibility index (Phi) is 6.16. The summed E-state index contributed by atoms with van der Waals surface area (Å²) in [5.41, 5.74) is 1.43. The first-order valence-electron chi connectivity index (χ1n) is 11.1. The van der Waals surface area contributed by atoms with E-state index >= 15 is 0 Å². The molecule has 0 aromatic carbocycles. The lowest BCUT2D eigenvalue weighted by molar-refractivity contribution is -0.137. The first-order valence-corrected chi connectivity index (χ1v) is 11.1. The number of pyridine rings is 1. The first-order chi connectivity index (χ1) is 14.5. The normalized spacial score (nSPS) is 18.6. The fourth-order valence-electron chi connectivity index (χ4n) is 4.38. The van der Waals surface area contributed by atoms with Crippen molar-refractivity contribution in [2.75, 3.05) is 31.1 Å². The molecule has 30 heavy (non-hydrogen) atoms. The molecule has 2 aliphatic heterocycles. The van der Waals surface area contributed by atoms with Gasteiger partial charge in [0.15, 0.2) is 0 Å². The van der Waals surface area contributed by atoms with Crippen molar-refractivity contribution in [2.45, 2.75) is 46.0 Å². The topological polar surface area (TPSA) is 82.2 Å². The van der Waals surface area contributed by atoms with Crippen molar-refractivity contribution in [3.63, 3.8) is 0 Å². The number of rotatable bonds is 4. The Morgan fingerprint density at radius 2 is 1.87 bits per heavy atom. The molecule has 0 aliphatic carbocycles. The van der Waals surface area contributed by atoms with Gasteiger partial charge >= 0.3 is 0 Å². The average molecular weight is 410 g/mol. The summed E-state index contributed by atoms with van der Waals surface area (Å²) < 4.78 is 0. The van der Waals surface area contributed by atoms with Gasteiger partial charge in [-0.2, -0.15) is 0 Å². The molecule has 2 aromatic heterocycles. The highest BCUT2D eigenvalue weighted by atomic mass is 16.2. The average Bonchev–Trinajstić information content (AvgIpc) is 2.79. The van der Waals surface area contributed by atoms with Crippen molar-refractivity contribution >= 4 is 11.7 Å². The van der Waals surface area contributed by atoms with E-state index in [9.17, 15) is 9.59 Å². The van der Waals surface area contributed by atoms with Crippen molar-refractivity contribution in [3.05, 3.63) is 40.4 Å². The number of aryl methyl sites for hydroxylation is 1. The van der Waals surface area contributed by atoms with Gasteiger partial charge in [-0.3, -0.25) is 9.59 Å². The van der Waals surface area contributed by atoms with Crippen LogP contribution in [0.2, 0.25) is 0 Å². The van der Waals surface area contributed by atoms with Crippen molar-refractivity contribution in [1.29, 1.82) is 0 Å². The van der Waals surface area contributed by atoms with E-state index in [4.69, 9.17) is 0 Å². The van der Waals surface area contributed by atoms with Crippen LogP contribution in [0.1, 0.15) is 45.2 Å². The molecule has 1 amide bonds. The zero-order valence-electron chi connectivity index (χ0n) is 17.9. The smallest absolute Gasteiger partial charge is 0.251 e. The first kappa shape index (κ1) is 20.6. The van der Waals surface area contributed by atoms with Gasteiger partial charge in [0.2, 0.25) is 5.91 Å². The number of aromatic amines is 1. The fourth-order valence-corrected chi connectivity index (χ4v) is 4.38. The van der Waals surface area contributed by atoms with Crippen LogP contribution >= 0.6 is 0 Å². The van der Waals surface area contributed by atoms with Gasteiger partial charge < -0.3 is 14.8 Å². The lowest BCUT2D eigenvalue weighted by Crippen LogP contribution is -2.45. The van der Waals surface area contributed by atoms with Crippen LogP contribution < -0.4 is 10.5 Å². The Morgan fingerprint density at radius 1 is 1.13 bits per heavy atom. The Morgan fingerprint density at radius 3 is 2.50 bits per heavy atom. The van der Waals surface area contributed by atoms with E-state index in [1.54, 1.807) is 6.20 Å². The molecule has 4 rings (SSSR count). The quantitative estimate of drug-likeness (QED) is 0.840. The Hall–Kier alpha value is -2.70. The molecule has 0 radical (unpaired) electrons. The number of carbonyl (C=O) groups excluding carboxylic acids is 1. The molecule has 1 N–H and O–H groups in total. The molecule has 0 saturated carbocycles. The number of aromatic nitrogens is 3. The third-order valence-electron chi connectivity index (χ3n) is 6.44. The summed E-state index contributed by atoms with van der Waals surface area (Å²) in [7, 11) is 0. The molecule has 7 heteroatoms. The number of likely N-dealkylation sites (tertiary alicyclic amines) is 1. The SMILES string of the molecule is CCc1cc(=O)[nH]c(-c2ccc(N3CCC(C(=O)N4CCC(C)CC4)CC3)nc2)n1. The number of anilines is 1. The Labute approximate surface area is 177 Å². The van der Waals surface area contributed by atoms with Crippen LogP contribution in [0.15, 0.2) is 29.2 Å². The maximum Gasteiger partial charge on any atom is 0.251 e. The van der Waals surface area contributed by atoms with Gasteiger partial charge in [-0.05, 0) is 50.2 Å². The second-order valence-corrected chi connectivity index (χ2v) is 8.61. The zero-order valence-corrected chi connectivity index (χ0v) is 17.9. The van der Waals surface area contributed by atoms with Gasteiger partial charge in [0.05, 0.1) is 0 Å². The predicted octanol–water partition coefficient (Wildman–Crippen LogP) is 2.87. The van der Waals surface area contributed by atoms with Crippen LogP contribution in [0.5, 0.6) is 0 Å². The summed E-state index contributed by atoms with van der Waals surface area (Å²) in [6.45, 7) is 7.76. The van der Waals surface area contributed by atoms with Gasteiger partial charge in [-0.25, -0.2) is 9.97 Å². The second kappa shape index (κ2) is 8.98. The molecule has 2 aliphatic rings. The molecule has 7 nitrogen and oxygen atoms in total. The molecule has 2 fully saturated rings. The molecule has 2 saturated heterocycles. The lowest BCUT2D eigenvalue weighted by atomic mass is 9.92. The molecule has 0 atom stereocenters. The van der Waals surface area contributed by atoms with E-state index in [0.717, 1.165) is 74.9 Å². The van der Waals surface area contributed by atoms with E-state index in [1.165, 1.54) is 6.07 Å². The molecule has 160 valence electrons. The number of hydrogen-bond acceptors (Lipinski definition) is 5. The molecular weight excluding hydrogens is 378 g/mol. The molecule has 4 heterocycles. The minimum atomic E-state index is -0.143. The van der Waals surface area contributed by atoms with Crippen LogP contribution in [0.25, 0.3) is 11.4 Å². The second-order valence-electron chi connectivity index (χ2n) is 8.61. The number of nitrogens with zero attached hydrogens (tertiary/aromatic N) is 4. The monoisotopic (exact) mass is 409 g/mol. The van der Waals surface area contributed by atoms with Crippen LogP contribution in [-0.2, 0) is 11.2 Å². The third kappa shape index (κ3) is 4.55. The molecule has 0 unspecified atom stereocenters. The number of piperidine rings is 2. The number of hydrogen-bond donors (Lipinski definition) is 1. The maximum atomic E-state index is 12.8. The summed E-state index contributed by atoms with van der Waals surface area (Å²) in [5, 5.41) is 0. The van der Waals surface area contributed by atoms with E-state index in [2.05, 4.69) is 31.7 Å². The predicted molar refractivity (Wildman–Crippen MR) is 117 cm³/mol. The third-order valence-corrected chi connectivity index (χ3v) is 6.44. The standard InChI is InChI=1S/C23H31N5O2/c1-3-19-14-21(29)26-22(25-19)18-4-5-20(24-15-18)27-12-8-17(9-13-27)23(30)28-10-6-16(2)7-11-28/h4-5,14-17H,3,6-13H2,1-2H3,(H,25,26,29). The number of H-pyrrole nitrogens is 1. The van der Waals surface area contributed by atoms with Gasteiger partial charge in [0, 0.05) is 55.6 Å². The molecular formula is C23H31N5O2. The van der Waals surface area contributed by atoms with Crippen molar-refractivity contribution in [3.8, 4) is 11.4 Å². The maximum absolute atomic E-state index is 12.8. The summed E-state index contributed by atoms with van der Waals surface area (Å²) in [6, 6.07) is 5.45. The molecule has 0 bridgehead atoms. The molecule has 2 aromatic rings. The van der Waals surface area contributed by atoms with Gasteiger partial charge in [-0.1, -0.05) is 13.8 Å². The minimum absolute atomic E-state index is 0.139. The summed E-state index contributed by atoms with van der Waals surface area (Å²) >= 11 is 0. The summed E-state index contributed by atoms with van der Waals surface area (Å²) in [6.07, 6.45) is 6.49. The van der Waals surface area contributed by atoms with Crippen LogP contribution in [-0.4, -0.2) is 51.9 Å². The van der Waals surface area contributed by atoms with E-state index in [0.29, 0.717) is 18.2 Å². The lowest BCUT2D eigenvalue weighted by Gasteiger charge is -2.37. The van der Waals surface area contributed by atoms with Crippen LogP contribution in [0, 0.1) is 11.8 Å². The Balaban J connectivity index is 1.37. The fraction of sp³-hybridized carbons (Fsp3) is 0.565. The van der Waals surface area contributed by atoms with Gasteiger partial charge in [-0.15, -0.1) is 0 Å². The van der Waals surface area contributed by atoms with Gasteiger partial charge in [0.1, 0.15) is 11.6 Å². The Bertz CT molecular complexity index is 923. The highest BCUT2D eigenvalue weighted by Gasteiger charge is 2.30. The largest absolute Gasteiger partial charge is 0.357 e. The summed E-state index contributed by atoms with van der Waals surface area (Å²) in [4.78, 5) is 40.9. The van der Waals surface area contributed by atoms with Crippen molar-refractivity contribution < 1.29 is 4.79 Å². The highest BCUT2D eigenvalue weighted by Crippen LogP contribution is 2.26. The van der Waals surface area contributed by atoms with Gasteiger partial charge in [0.25, 0.3) is 5.56 Å². The van der Waals surface area contributed by atoms with E-state index in [1.807, 2.05) is 19.1 Å². The molecule has 0 spiro atoms. The number of carbonyl (C=O) groups is 1. The van der Waals surface area contributed by atoms with E-state index < -0.39 is 0 Å². The zero-order chi connectivity index (χ0) is 21.1. The van der Waals surface area contributed by atoms with Crippen LogP contribution in [0.3, 0.4) is 0 Å². The summed E-state index contributed by atoms with van der Waals surface area (Å²) in [5.74, 6) is 2.68. The number of amides is 1. The minimum Gasteiger partial charge on any atom is -0.357 e. The van der Waals surface area contributed by atoms with Crippen molar-refractivity contribution in [2.24, 2.45) is 11.8 Å². The number of nitrogens with one attached hydrogen (secondary N) is 1. The van der Waals surface area contributed by atoms with Crippen LogP contribution in [0.4, 0.5) is 5.82 Å².